The number of nitro groups is 1. The van der Waals surface area contributed by atoms with Crippen LogP contribution in [0.2, 0.25) is 0 Å². The maximum Gasteiger partial charge on any atom is 0.270 e. The Kier molecular flexibility index (Phi) is 4.26. The molecule has 2 heterocycles. The monoisotopic (exact) mass is 335 g/mol. The van der Waals surface area contributed by atoms with Gasteiger partial charge in [-0.2, -0.15) is 0 Å². The molecule has 1 aromatic carbocycles. The summed E-state index contributed by atoms with van der Waals surface area (Å²) in [5, 5.41) is 31.2. The van der Waals surface area contributed by atoms with E-state index in [4.69, 9.17) is 10.8 Å². The Hall–Kier alpha value is -2.26. The van der Waals surface area contributed by atoms with Gasteiger partial charge >= 0.3 is 0 Å². The Balaban J connectivity index is 1.96. The molecule has 8 nitrogen and oxygen atoms in total. The number of aliphatic hydroxyl groups is 2. The van der Waals surface area contributed by atoms with Crippen LogP contribution in [0.1, 0.15) is 7.60 Å². The highest BCUT2D eigenvalue weighted by atomic mass is 16.6. The van der Waals surface area contributed by atoms with E-state index in [9.17, 15) is 20.3 Å². The van der Waals surface area contributed by atoms with E-state index >= 15 is 0 Å². The fraction of sp³-hybridized carbons (Fsp3) is 0.375. The third kappa shape index (κ3) is 2.80. The molecule has 1 unspecified atom stereocenters. The van der Waals surface area contributed by atoms with E-state index < -0.39 is 29.5 Å². The summed E-state index contributed by atoms with van der Waals surface area (Å²) in [6.45, 7) is 2.98. The molecule has 128 valence electrons. The van der Waals surface area contributed by atoms with Crippen LogP contribution in [0.15, 0.2) is 43.1 Å². The summed E-state index contributed by atoms with van der Waals surface area (Å²) in [4.78, 5) is 10.4. The van der Waals surface area contributed by atoms with Crippen molar-refractivity contribution >= 4 is 16.6 Å². The summed E-state index contributed by atoms with van der Waals surface area (Å²) < 4.78 is 20.3. The number of nitro benzene ring substituents is 1. The average Bonchev–Trinajstić information content (AvgIpc) is 3.12. The number of benzene rings is 1. The predicted octanol–water partition coefficient (Wildman–Crippen LogP) is 1.37. The molecule has 3 rings (SSSR count). The molecule has 1 aliphatic heterocycles. The van der Waals surface area contributed by atoms with Crippen LogP contribution in [0.5, 0.6) is 0 Å². The van der Waals surface area contributed by atoms with Gasteiger partial charge < -0.3 is 24.3 Å². The van der Waals surface area contributed by atoms with Crippen LogP contribution in [0, 0.1) is 10.1 Å². The maximum atomic E-state index is 10.9. The minimum Gasteiger partial charge on any atom is -0.394 e. The number of non-ortho nitro benzene ring substituents is 1. The van der Waals surface area contributed by atoms with E-state index in [1.807, 2.05) is 0 Å². The van der Waals surface area contributed by atoms with Crippen LogP contribution in [-0.2, 0) is 9.47 Å². The van der Waals surface area contributed by atoms with Gasteiger partial charge in [0, 0.05) is 23.7 Å². The van der Waals surface area contributed by atoms with Gasteiger partial charge in [-0.05, 0) is 12.1 Å². The lowest BCUT2D eigenvalue weighted by Crippen LogP contribution is -2.35. The van der Waals surface area contributed by atoms with Crippen LogP contribution in [0.4, 0.5) is 5.69 Å². The number of nitrogens with zero attached hydrogens (tertiary/aromatic N) is 2. The zero-order valence-electron chi connectivity index (χ0n) is 13.7. The van der Waals surface area contributed by atoms with Gasteiger partial charge in [0.25, 0.3) is 5.69 Å². The molecule has 0 bridgehead atoms. The lowest BCUT2D eigenvalue weighted by atomic mass is 10.1. The summed E-state index contributed by atoms with van der Waals surface area (Å²) in [7, 11) is 0. The standard InChI is InChI=1S/C16H18N2O6/c1-2-7-23-15-14(20)13(9-19)24-16(15)17-6-5-10-8-11(18(21)22)3-4-12(10)17/h2-6,8,13-16,19-20H,1,7,9H2/t13-,14-,15-,16?/m1/s1/i2D. The van der Waals surface area contributed by atoms with Crippen LogP contribution in [-0.4, -0.2) is 51.2 Å². The van der Waals surface area contributed by atoms with Crippen molar-refractivity contribution in [3.8, 4) is 0 Å². The van der Waals surface area contributed by atoms with Crippen molar-refractivity contribution < 1.29 is 26.0 Å². The smallest absolute Gasteiger partial charge is 0.270 e. The Labute approximate surface area is 139 Å². The highest BCUT2D eigenvalue weighted by molar-refractivity contribution is 5.82. The first-order valence-electron chi connectivity index (χ1n) is 7.87. The number of fused-ring (bicyclic) bond motifs is 1. The third-order valence-electron chi connectivity index (χ3n) is 4.06. The molecule has 2 N–H and O–H groups in total. The molecule has 8 heteroatoms. The second-order valence-corrected chi connectivity index (χ2v) is 5.49. The zero-order chi connectivity index (χ0) is 18.1. The molecule has 0 saturated carbocycles. The molecule has 1 aliphatic rings. The predicted molar refractivity (Wildman–Crippen MR) is 85.5 cm³/mol. The van der Waals surface area contributed by atoms with Crippen molar-refractivity contribution in [2.75, 3.05) is 13.2 Å². The van der Waals surface area contributed by atoms with Crippen LogP contribution in [0.25, 0.3) is 10.9 Å². The largest absolute Gasteiger partial charge is 0.394 e. The minimum absolute atomic E-state index is 0.0239. The van der Waals surface area contributed by atoms with Crippen molar-refractivity contribution in [3.63, 3.8) is 0 Å². The first-order chi connectivity index (χ1) is 11.9. The zero-order valence-corrected chi connectivity index (χ0v) is 12.7. The fourth-order valence-corrected chi connectivity index (χ4v) is 2.92. The quantitative estimate of drug-likeness (QED) is 0.469. The molecule has 0 aliphatic carbocycles. The van der Waals surface area contributed by atoms with Crippen molar-refractivity contribution in [1.29, 1.82) is 0 Å². The Morgan fingerprint density at radius 3 is 3.00 bits per heavy atom. The van der Waals surface area contributed by atoms with Gasteiger partial charge in [-0.25, -0.2) is 0 Å². The molecule has 2 aromatic rings. The molecule has 0 spiro atoms. The first-order valence-corrected chi connectivity index (χ1v) is 7.37. The molecule has 1 saturated heterocycles. The summed E-state index contributed by atoms with van der Waals surface area (Å²) in [5.41, 5.74) is 0.642. The average molecular weight is 335 g/mol. The molecule has 24 heavy (non-hydrogen) atoms. The third-order valence-corrected chi connectivity index (χ3v) is 4.06. The molecule has 0 radical (unpaired) electrons. The molecular formula is C16H18N2O6. The van der Waals surface area contributed by atoms with Crippen LogP contribution in [0.3, 0.4) is 0 Å². The number of hydrogen-bond acceptors (Lipinski definition) is 6. The SMILES string of the molecule is [2H]C(=C)CO[C@H]1C(n2ccc3cc([N+](=O)[O-])ccc32)O[C@H](CO)[C@H]1O. The van der Waals surface area contributed by atoms with Crippen LogP contribution < -0.4 is 0 Å². The topological polar surface area (TPSA) is 107 Å². The van der Waals surface area contributed by atoms with Gasteiger partial charge in [0.05, 0.1) is 25.0 Å². The van der Waals surface area contributed by atoms with Crippen molar-refractivity contribution in [3.05, 3.63) is 53.2 Å². The Morgan fingerprint density at radius 2 is 2.33 bits per heavy atom. The van der Waals surface area contributed by atoms with E-state index in [1.54, 1.807) is 22.9 Å². The van der Waals surface area contributed by atoms with Crippen molar-refractivity contribution in [2.45, 2.75) is 24.5 Å². The van der Waals surface area contributed by atoms with E-state index in [2.05, 4.69) is 6.58 Å². The van der Waals surface area contributed by atoms with Gasteiger partial charge in [0.2, 0.25) is 0 Å². The summed E-state index contributed by atoms with van der Waals surface area (Å²) >= 11 is 0. The fourth-order valence-electron chi connectivity index (χ4n) is 2.92. The van der Waals surface area contributed by atoms with Crippen molar-refractivity contribution in [2.24, 2.45) is 0 Å². The van der Waals surface area contributed by atoms with Gasteiger partial charge in [-0.1, -0.05) is 6.05 Å². The summed E-state index contributed by atoms with van der Waals surface area (Å²) in [6, 6.07) is 6.17. The van der Waals surface area contributed by atoms with E-state index in [0.717, 1.165) is 0 Å². The molecule has 1 aromatic heterocycles. The Bertz CT molecular complexity index is 807. The number of rotatable bonds is 6. The molecular weight excluding hydrogens is 316 g/mol. The van der Waals surface area contributed by atoms with Crippen molar-refractivity contribution in [1.82, 2.24) is 4.57 Å². The van der Waals surface area contributed by atoms with E-state index in [1.165, 1.54) is 12.1 Å². The number of hydrogen-bond donors (Lipinski definition) is 2. The normalized spacial score (nSPS) is 27.3. The van der Waals surface area contributed by atoms with E-state index in [-0.39, 0.29) is 25.0 Å². The first kappa shape index (κ1) is 15.3. The summed E-state index contributed by atoms with van der Waals surface area (Å²) in [5.74, 6) is 0. The minimum atomic E-state index is -1.08. The van der Waals surface area contributed by atoms with Gasteiger partial charge in [0.15, 0.2) is 6.23 Å². The molecule has 4 atom stereocenters. The summed E-state index contributed by atoms with van der Waals surface area (Å²) in [6.07, 6.45) is -1.79. The Morgan fingerprint density at radius 1 is 1.54 bits per heavy atom. The number of aliphatic hydroxyl groups excluding tert-OH is 2. The van der Waals surface area contributed by atoms with Crippen LogP contribution >= 0.6 is 0 Å². The maximum absolute atomic E-state index is 10.9. The highest BCUT2D eigenvalue weighted by Gasteiger charge is 2.45. The van der Waals surface area contributed by atoms with Gasteiger partial charge in [-0.3, -0.25) is 10.1 Å². The molecule has 1 fully saturated rings. The second-order valence-electron chi connectivity index (χ2n) is 5.49. The van der Waals surface area contributed by atoms with Gasteiger partial charge in [0.1, 0.15) is 18.3 Å². The van der Waals surface area contributed by atoms with Gasteiger partial charge in [-0.15, -0.1) is 6.58 Å². The lowest BCUT2D eigenvalue weighted by Gasteiger charge is -2.22. The molecule has 0 amide bonds. The lowest BCUT2D eigenvalue weighted by molar-refractivity contribution is -0.384. The second kappa shape index (κ2) is 6.70. The van der Waals surface area contributed by atoms with E-state index in [0.29, 0.717) is 10.9 Å². The number of aromatic nitrogens is 1. The highest BCUT2D eigenvalue weighted by Crippen LogP contribution is 2.35. The number of ether oxygens (including phenoxy) is 2.